The minimum absolute atomic E-state index is 0.0610. The molecule has 6 nitrogen and oxygen atoms in total. The van der Waals surface area contributed by atoms with Gasteiger partial charge in [0.1, 0.15) is 5.75 Å². The fourth-order valence-corrected chi connectivity index (χ4v) is 4.43. The molecular weight excluding hydrogens is 400 g/mol. The molecule has 0 aliphatic heterocycles. The van der Waals surface area contributed by atoms with Crippen LogP contribution in [0.3, 0.4) is 0 Å². The number of carbonyl (C=O) groups is 1. The summed E-state index contributed by atoms with van der Waals surface area (Å²) in [6, 6.07) is 13.4. The van der Waals surface area contributed by atoms with E-state index in [0.29, 0.717) is 30.5 Å². The van der Waals surface area contributed by atoms with Gasteiger partial charge in [-0.05, 0) is 74.1 Å². The zero-order chi connectivity index (χ0) is 21.8. The van der Waals surface area contributed by atoms with Gasteiger partial charge in [0.2, 0.25) is 5.91 Å². The molecule has 0 aromatic heterocycles. The van der Waals surface area contributed by atoms with E-state index in [1.807, 2.05) is 19.1 Å². The highest BCUT2D eigenvalue weighted by Gasteiger charge is 2.51. The molecule has 3 rings (SSSR count). The molecule has 0 atom stereocenters. The number of carbonyl (C=O) groups excluding carboxylic acids is 1. The molecule has 0 heterocycles. The largest absolute Gasteiger partial charge is 0.494 e. The molecule has 30 heavy (non-hydrogen) atoms. The predicted octanol–water partition coefficient (Wildman–Crippen LogP) is 4.08. The average Bonchev–Trinajstić information content (AvgIpc) is 3.51. The molecule has 1 fully saturated rings. The van der Waals surface area contributed by atoms with Crippen molar-refractivity contribution in [2.75, 3.05) is 17.9 Å². The molecule has 1 saturated carbocycles. The highest BCUT2D eigenvalue weighted by molar-refractivity contribution is 7.92. The predicted molar refractivity (Wildman–Crippen MR) is 118 cm³/mol. The van der Waals surface area contributed by atoms with Crippen LogP contribution >= 0.6 is 0 Å². The second-order valence-electron chi connectivity index (χ2n) is 8.11. The lowest BCUT2D eigenvalue weighted by atomic mass is 9.94. The minimum Gasteiger partial charge on any atom is -0.494 e. The van der Waals surface area contributed by atoms with Crippen molar-refractivity contribution in [2.24, 2.45) is 5.92 Å². The quantitative estimate of drug-likeness (QED) is 0.595. The van der Waals surface area contributed by atoms with Gasteiger partial charge in [0, 0.05) is 12.2 Å². The Bertz CT molecular complexity index is 963. The van der Waals surface area contributed by atoms with Crippen LogP contribution in [-0.4, -0.2) is 27.5 Å². The molecule has 2 N–H and O–H groups in total. The number of ether oxygens (including phenoxy) is 1. The molecule has 162 valence electrons. The fraction of sp³-hybridized carbons (Fsp3) is 0.435. The van der Waals surface area contributed by atoms with E-state index in [9.17, 15) is 13.2 Å². The maximum atomic E-state index is 12.6. The van der Waals surface area contributed by atoms with Crippen LogP contribution in [0.4, 0.5) is 5.69 Å². The minimum atomic E-state index is -3.70. The van der Waals surface area contributed by atoms with E-state index >= 15 is 0 Å². The van der Waals surface area contributed by atoms with E-state index in [2.05, 4.69) is 23.9 Å². The van der Waals surface area contributed by atoms with Crippen LogP contribution in [0.1, 0.15) is 45.6 Å². The lowest BCUT2D eigenvalue weighted by molar-refractivity contribution is -0.123. The van der Waals surface area contributed by atoms with Crippen molar-refractivity contribution >= 4 is 21.6 Å². The molecular formula is C23H30N2O4S. The monoisotopic (exact) mass is 430 g/mol. The second kappa shape index (κ2) is 9.08. The summed E-state index contributed by atoms with van der Waals surface area (Å²) in [6.07, 6.45) is 2.59. The zero-order valence-corrected chi connectivity index (χ0v) is 18.6. The molecule has 0 radical (unpaired) electrons. The van der Waals surface area contributed by atoms with Crippen LogP contribution < -0.4 is 14.8 Å². The smallest absolute Gasteiger partial charge is 0.261 e. The van der Waals surface area contributed by atoms with Gasteiger partial charge in [-0.2, -0.15) is 0 Å². The fourth-order valence-electron chi connectivity index (χ4n) is 3.37. The summed E-state index contributed by atoms with van der Waals surface area (Å²) in [7, 11) is -3.70. The number of sulfonamides is 1. The maximum absolute atomic E-state index is 12.6. The second-order valence-corrected chi connectivity index (χ2v) is 9.79. The van der Waals surface area contributed by atoms with Crippen molar-refractivity contribution in [2.45, 2.75) is 50.3 Å². The number of amides is 1. The summed E-state index contributed by atoms with van der Waals surface area (Å²) >= 11 is 0. The van der Waals surface area contributed by atoms with Gasteiger partial charge >= 0.3 is 0 Å². The van der Waals surface area contributed by atoms with Crippen LogP contribution in [-0.2, 0) is 20.2 Å². The summed E-state index contributed by atoms with van der Waals surface area (Å²) in [6.45, 7) is 7.33. The molecule has 0 bridgehead atoms. The van der Waals surface area contributed by atoms with Gasteiger partial charge in [-0.1, -0.05) is 26.0 Å². The van der Waals surface area contributed by atoms with Gasteiger partial charge in [-0.15, -0.1) is 0 Å². The number of benzene rings is 2. The highest BCUT2D eigenvalue weighted by atomic mass is 32.2. The van der Waals surface area contributed by atoms with Crippen molar-refractivity contribution in [1.29, 1.82) is 0 Å². The van der Waals surface area contributed by atoms with Crippen LogP contribution in [0.2, 0.25) is 0 Å². The van der Waals surface area contributed by atoms with Gasteiger partial charge in [0.05, 0.1) is 16.9 Å². The van der Waals surface area contributed by atoms with Crippen LogP contribution in [0.25, 0.3) is 0 Å². The molecule has 1 amide bonds. The molecule has 7 heteroatoms. The summed E-state index contributed by atoms with van der Waals surface area (Å²) in [5, 5.41) is 3.04. The Hall–Kier alpha value is -2.54. The number of anilines is 1. The standard InChI is InChI=1S/C23H30N2O4S/c1-4-29-20-9-11-21(12-10-20)30(27,28)25-19-7-5-18(6-8-19)23(14-15-23)22(26)24-16-13-17(2)3/h5-12,17,25H,4,13-16H2,1-3H3,(H,24,26). The number of nitrogens with one attached hydrogen (secondary N) is 2. The Kier molecular flexibility index (Phi) is 6.71. The van der Waals surface area contributed by atoms with E-state index in [1.54, 1.807) is 24.3 Å². The van der Waals surface area contributed by atoms with Crippen LogP contribution in [0, 0.1) is 5.92 Å². The third kappa shape index (κ3) is 5.14. The van der Waals surface area contributed by atoms with E-state index in [0.717, 1.165) is 24.8 Å². The molecule has 0 spiro atoms. The Morgan fingerprint density at radius 2 is 1.70 bits per heavy atom. The Morgan fingerprint density at radius 3 is 2.23 bits per heavy atom. The van der Waals surface area contributed by atoms with Crippen LogP contribution in [0.15, 0.2) is 53.4 Å². The Labute approximate surface area is 179 Å². The first-order valence-corrected chi connectivity index (χ1v) is 11.9. The van der Waals surface area contributed by atoms with E-state index in [-0.39, 0.29) is 10.8 Å². The number of hydrogen-bond acceptors (Lipinski definition) is 4. The third-order valence-corrected chi connectivity index (χ3v) is 6.72. The van der Waals surface area contributed by atoms with E-state index in [1.165, 1.54) is 12.1 Å². The van der Waals surface area contributed by atoms with Gasteiger partial charge in [-0.25, -0.2) is 8.42 Å². The lowest BCUT2D eigenvalue weighted by Gasteiger charge is -2.17. The van der Waals surface area contributed by atoms with Crippen molar-refractivity contribution < 1.29 is 17.9 Å². The number of rotatable bonds is 10. The van der Waals surface area contributed by atoms with Gasteiger partial charge < -0.3 is 10.1 Å². The summed E-state index contributed by atoms with van der Waals surface area (Å²) in [5.41, 5.74) is 0.918. The average molecular weight is 431 g/mol. The van der Waals surface area contributed by atoms with Crippen LogP contribution in [0.5, 0.6) is 5.75 Å². The van der Waals surface area contributed by atoms with E-state index in [4.69, 9.17) is 4.74 Å². The SMILES string of the molecule is CCOc1ccc(S(=O)(=O)Nc2ccc(C3(C(=O)NCCC(C)C)CC3)cc2)cc1. The molecule has 0 unspecified atom stereocenters. The molecule has 0 saturated heterocycles. The van der Waals surface area contributed by atoms with Crippen molar-refractivity contribution in [3.05, 3.63) is 54.1 Å². The first-order valence-electron chi connectivity index (χ1n) is 10.4. The van der Waals surface area contributed by atoms with Gasteiger partial charge in [0.15, 0.2) is 0 Å². The number of hydrogen-bond donors (Lipinski definition) is 2. The van der Waals surface area contributed by atoms with Gasteiger partial charge in [0.25, 0.3) is 10.0 Å². The van der Waals surface area contributed by atoms with Gasteiger partial charge in [-0.3, -0.25) is 9.52 Å². The van der Waals surface area contributed by atoms with Crippen molar-refractivity contribution in [3.8, 4) is 5.75 Å². The first kappa shape index (κ1) is 22.2. The first-order chi connectivity index (χ1) is 14.3. The normalized spacial score (nSPS) is 14.9. The molecule has 1 aliphatic rings. The molecule has 2 aromatic rings. The maximum Gasteiger partial charge on any atom is 0.261 e. The zero-order valence-electron chi connectivity index (χ0n) is 17.8. The third-order valence-electron chi connectivity index (χ3n) is 5.33. The van der Waals surface area contributed by atoms with Crippen molar-refractivity contribution in [3.63, 3.8) is 0 Å². The molecule has 1 aliphatic carbocycles. The van der Waals surface area contributed by atoms with E-state index < -0.39 is 15.4 Å². The Morgan fingerprint density at radius 1 is 1.07 bits per heavy atom. The summed E-state index contributed by atoms with van der Waals surface area (Å²) in [5.74, 6) is 1.23. The Balaban J connectivity index is 1.66. The summed E-state index contributed by atoms with van der Waals surface area (Å²) < 4.78 is 33.2. The lowest BCUT2D eigenvalue weighted by Crippen LogP contribution is -2.35. The molecule has 2 aromatic carbocycles. The summed E-state index contributed by atoms with van der Waals surface area (Å²) in [4.78, 5) is 12.8. The van der Waals surface area contributed by atoms with Crippen molar-refractivity contribution in [1.82, 2.24) is 5.32 Å². The topological polar surface area (TPSA) is 84.5 Å². The highest BCUT2D eigenvalue weighted by Crippen LogP contribution is 2.48.